The maximum absolute atomic E-state index is 11.1. The van der Waals surface area contributed by atoms with Crippen LogP contribution in [-0.2, 0) is 23.1 Å². The summed E-state index contributed by atoms with van der Waals surface area (Å²) in [6.07, 6.45) is 2.58. The number of para-hydroxylation sites is 1. The van der Waals surface area contributed by atoms with E-state index < -0.39 is 0 Å². The van der Waals surface area contributed by atoms with Crippen molar-refractivity contribution < 1.29 is 9.53 Å². The number of ether oxygens (including phenoxy) is 1. The van der Waals surface area contributed by atoms with Crippen LogP contribution >= 0.6 is 0 Å². The summed E-state index contributed by atoms with van der Waals surface area (Å²) < 4.78 is 6.79. The standard InChI is InChI=1S/C15H20N2O2/c1-16(9-8-15(18)19-3)10-12-11-17(2)14-7-5-4-6-13(12)14/h4-7,11H,8-10H2,1-3H3. The lowest BCUT2D eigenvalue weighted by atomic mass is 10.1. The average molecular weight is 260 g/mol. The molecule has 0 spiro atoms. The number of hydrogen-bond donors (Lipinski definition) is 0. The first-order chi connectivity index (χ1) is 9.11. The number of fused-ring (bicyclic) bond motifs is 1. The molecular formula is C15H20N2O2. The van der Waals surface area contributed by atoms with Crippen LogP contribution in [0.2, 0.25) is 0 Å². The minimum atomic E-state index is -0.162. The Labute approximate surface area is 113 Å². The van der Waals surface area contributed by atoms with Crippen LogP contribution in [0, 0.1) is 0 Å². The maximum atomic E-state index is 11.1. The van der Waals surface area contributed by atoms with Gasteiger partial charge in [-0.05, 0) is 18.7 Å². The van der Waals surface area contributed by atoms with Gasteiger partial charge < -0.3 is 14.2 Å². The second kappa shape index (κ2) is 5.89. The number of carbonyl (C=O) groups excluding carboxylic acids is 1. The predicted molar refractivity (Wildman–Crippen MR) is 75.9 cm³/mol. The zero-order valence-electron chi connectivity index (χ0n) is 11.7. The molecule has 0 saturated heterocycles. The van der Waals surface area contributed by atoms with Gasteiger partial charge in [-0.2, -0.15) is 0 Å². The van der Waals surface area contributed by atoms with Gasteiger partial charge in [-0.3, -0.25) is 4.79 Å². The van der Waals surface area contributed by atoms with E-state index in [1.165, 1.54) is 23.6 Å². The van der Waals surface area contributed by atoms with Crippen LogP contribution in [0.3, 0.4) is 0 Å². The Kier molecular flexibility index (Phi) is 4.22. The fourth-order valence-corrected chi connectivity index (χ4v) is 2.31. The summed E-state index contributed by atoms with van der Waals surface area (Å²) in [5, 5.41) is 1.27. The molecule has 1 heterocycles. The first-order valence-corrected chi connectivity index (χ1v) is 6.40. The first kappa shape index (κ1) is 13.6. The number of esters is 1. The lowest BCUT2D eigenvalue weighted by Gasteiger charge is -2.15. The van der Waals surface area contributed by atoms with Crippen LogP contribution in [0.5, 0.6) is 0 Å². The molecule has 0 bridgehead atoms. The van der Waals surface area contributed by atoms with E-state index >= 15 is 0 Å². The SMILES string of the molecule is COC(=O)CCN(C)Cc1cn(C)c2ccccc12. The lowest BCUT2D eigenvalue weighted by Crippen LogP contribution is -2.21. The van der Waals surface area contributed by atoms with Crippen molar-refractivity contribution in [3.05, 3.63) is 36.0 Å². The van der Waals surface area contributed by atoms with Gasteiger partial charge in [0, 0.05) is 37.2 Å². The largest absolute Gasteiger partial charge is 0.469 e. The molecule has 0 atom stereocenters. The zero-order chi connectivity index (χ0) is 13.8. The Bertz CT molecular complexity index is 575. The second-order valence-electron chi connectivity index (χ2n) is 4.85. The Morgan fingerprint density at radius 2 is 2.11 bits per heavy atom. The van der Waals surface area contributed by atoms with E-state index in [-0.39, 0.29) is 5.97 Å². The van der Waals surface area contributed by atoms with E-state index in [0.717, 1.165) is 6.54 Å². The molecule has 0 fully saturated rings. The molecule has 0 aliphatic rings. The zero-order valence-corrected chi connectivity index (χ0v) is 11.7. The van der Waals surface area contributed by atoms with Gasteiger partial charge in [-0.15, -0.1) is 0 Å². The lowest BCUT2D eigenvalue weighted by molar-refractivity contribution is -0.140. The highest BCUT2D eigenvalue weighted by Gasteiger charge is 2.09. The highest BCUT2D eigenvalue weighted by atomic mass is 16.5. The molecule has 1 aromatic heterocycles. The molecular weight excluding hydrogens is 240 g/mol. The van der Waals surface area contributed by atoms with E-state index in [0.29, 0.717) is 13.0 Å². The fourth-order valence-electron chi connectivity index (χ4n) is 2.31. The van der Waals surface area contributed by atoms with Crippen LogP contribution in [-0.4, -0.2) is 36.1 Å². The number of aromatic nitrogens is 1. The van der Waals surface area contributed by atoms with Gasteiger partial charge in [0.15, 0.2) is 0 Å². The molecule has 4 nitrogen and oxygen atoms in total. The molecule has 0 saturated carbocycles. The summed E-state index contributed by atoms with van der Waals surface area (Å²) in [6.45, 7) is 1.54. The molecule has 2 rings (SSSR count). The molecule has 0 unspecified atom stereocenters. The fraction of sp³-hybridized carbons (Fsp3) is 0.400. The Morgan fingerprint density at radius 1 is 1.37 bits per heavy atom. The number of methoxy groups -OCH3 is 1. The summed E-state index contributed by atoms with van der Waals surface area (Å²) >= 11 is 0. The summed E-state index contributed by atoms with van der Waals surface area (Å²) in [5.41, 5.74) is 2.52. The number of benzene rings is 1. The molecule has 19 heavy (non-hydrogen) atoms. The number of rotatable bonds is 5. The molecule has 0 aliphatic carbocycles. The van der Waals surface area contributed by atoms with Crippen molar-refractivity contribution in [2.24, 2.45) is 7.05 Å². The summed E-state index contributed by atoms with van der Waals surface area (Å²) in [7, 11) is 5.50. The van der Waals surface area contributed by atoms with Crippen molar-refractivity contribution in [3.8, 4) is 0 Å². The van der Waals surface area contributed by atoms with Crippen LogP contribution in [0.25, 0.3) is 10.9 Å². The highest BCUT2D eigenvalue weighted by Crippen LogP contribution is 2.21. The third kappa shape index (κ3) is 3.15. The highest BCUT2D eigenvalue weighted by molar-refractivity contribution is 5.83. The van der Waals surface area contributed by atoms with Crippen molar-refractivity contribution in [2.75, 3.05) is 20.7 Å². The Morgan fingerprint density at radius 3 is 2.84 bits per heavy atom. The normalized spacial score (nSPS) is 11.2. The molecule has 4 heteroatoms. The minimum Gasteiger partial charge on any atom is -0.469 e. The average Bonchev–Trinajstić information content (AvgIpc) is 2.73. The quantitative estimate of drug-likeness (QED) is 0.773. The van der Waals surface area contributed by atoms with Gasteiger partial charge in [0.05, 0.1) is 13.5 Å². The molecule has 102 valence electrons. The van der Waals surface area contributed by atoms with Gasteiger partial charge >= 0.3 is 5.97 Å². The molecule has 0 amide bonds. The van der Waals surface area contributed by atoms with Gasteiger partial charge in [0.2, 0.25) is 0 Å². The van der Waals surface area contributed by atoms with Crippen LogP contribution in [0.4, 0.5) is 0 Å². The van der Waals surface area contributed by atoms with Gasteiger partial charge in [0.1, 0.15) is 0 Å². The minimum absolute atomic E-state index is 0.162. The monoisotopic (exact) mass is 260 g/mol. The second-order valence-corrected chi connectivity index (χ2v) is 4.85. The van der Waals surface area contributed by atoms with Gasteiger partial charge in [0.25, 0.3) is 0 Å². The Balaban J connectivity index is 2.07. The van der Waals surface area contributed by atoms with Gasteiger partial charge in [-0.1, -0.05) is 18.2 Å². The van der Waals surface area contributed by atoms with E-state index in [2.05, 4.69) is 45.6 Å². The number of aryl methyl sites for hydroxylation is 1. The predicted octanol–water partition coefficient (Wildman–Crippen LogP) is 2.17. The van der Waals surface area contributed by atoms with Crippen molar-refractivity contribution >= 4 is 16.9 Å². The van der Waals surface area contributed by atoms with E-state index in [1.54, 1.807) is 0 Å². The smallest absolute Gasteiger partial charge is 0.306 e. The van der Waals surface area contributed by atoms with Crippen LogP contribution in [0.15, 0.2) is 30.5 Å². The Hall–Kier alpha value is -1.81. The third-order valence-corrected chi connectivity index (χ3v) is 3.35. The van der Waals surface area contributed by atoms with E-state index in [4.69, 9.17) is 0 Å². The van der Waals surface area contributed by atoms with Crippen molar-refractivity contribution in [1.29, 1.82) is 0 Å². The maximum Gasteiger partial charge on any atom is 0.306 e. The van der Waals surface area contributed by atoms with Gasteiger partial charge in [-0.25, -0.2) is 0 Å². The number of nitrogens with zero attached hydrogens (tertiary/aromatic N) is 2. The molecule has 2 aromatic rings. The molecule has 0 radical (unpaired) electrons. The number of hydrogen-bond acceptors (Lipinski definition) is 3. The van der Waals surface area contributed by atoms with E-state index in [9.17, 15) is 4.79 Å². The third-order valence-electron chi connectivity index (χ3n) is 3.35. The molecule has 1 aromatic carbocycles. The van der Waals surface area contributed by atoms with Crippen LogP contribution in [0.1, 0.15) is 12.0 Å². The molecule has 0 aliphatic heterocycles. The topological polar surface area (TPSA) is 34.5 Å². The van der Waals surface area contributed by atoms with Crippen molar-refractivity contribution in [2.45, 2.75) is 13.0 Å². The van der Waals surface area contributed by atoms with Crippen molar-refractivity contribution in [3.63, 3.8) is 0 Å². The number of carbonyl (C=O) groups is 1. The van der Waals surface area contributed by atoms with Crippen LogP contribution < -0.4 is 0 Å². The van der Waals surface area contributed by atoms with E-state index in [1.807, 2.05) is 13.1 Å². The summed E-state index contributed by atoms with van der Waals surface area (Å²) in [5.74, 6) is -0.162. The van der Waals surface area contributed by atoms with Crippen molar-refractivity contribution in [1.82, 2.24) is 9.47 Å². The molecule has 0 N–H and O–H groups in total. The summed E-state index contributed by atoms with van der Waals surface area (Å²) in [6, 6.07) is 8.36. The summed E-state index contributed by atoms with van der Waals surface area (Å²) in [4.78, 5) is 13.3. The first-order valence-electron chi connectivity index (χ1n) is 6.40.